The Labute approximate surface area is 129 Å². The number of nitrogens with zero attached hydrogens (tertiary/aromatic N) is 1. The first-order valence-corrected chi connectivity index (χ1v) is 7.46. The minimum Gasteiger partial charge on any atom is -0.338 e. The number of nitrogens with one attached hydrogen (secondary N) is 1. The second-order valence-electron chi connectivity index (χ2n) is 4.73. The quantitative estimate of drug-likeness (QED) is 0.578. The van der Waals surface area contributed by atoms with Crippen molar-refractivity contribution in [1.82, 2.24) is 5.16 Å². The van der Waals surface area contributed by atoms with Crippen molar-refractivity contribution >= 4 is 11.3 Å². The van der Waals surface area contributed by atoms with Crippen LogP contribution in [0.25, 0.3) is 11.3 Å². The number of hydrogen-bond acceptors (Lipinski definition) is 5. The molecule has 1 N–H and O–H groups in total. The normalized spacial score (nSPS) is 12.2. The standard InChI is InChI=1S/C15H12N2O4S/c18-15-13(11(9-17(19)20)12-7-4-8-22-12)14(16-21-15)10-5-2-1-3-6-10/h1-8,11,16H,9H2. The molecule has 2 aromatic heterocycles. The molecule has 7 heteroatoms. The molecular weight excluding hydrogens is 304 g/mol. The number of aromatic amines is 1. The van der Waals surface area contributed by atoms with Crippen LogP contribution >= 0.6 is 11.3 Å². The largest absolute Gasteiger partial charge is 0.361 e. The second-order valence-corrected chi connectivity index (χ2v) is 5.71. The van der Waals surface area contributed by atoms with Crippen LogP contribution in [-0.4, -0.2) is 16.6 Å². The van der Waals surface area contributed by atoms with E-state index in [1.54, 1.807) is 6.07 Å². The predicted octanol–water partition coefficient (Wildman–Crippen LogP) is 3.11. The summed E-state index contributed by atoms with van der Waals surface area (Å²) in [7, 11) is 0. The smallest absolute Gasteiger partial charge is 0.338 e. The fourth-order valence-corrected chi connectivity index (χ4v) is 3.24. The van der Waals surface area contributed by atoms with Crippen LogP contribution in [0.2, 0.25) is 0 Å². The summed E-state index contributed by atoms with van der Waals surface area (Å²) < 4.78 is 4.91. The SMILES string of the molecule is O=c1o[nH]c(-c2ccccc2)c1C(C[N+](=O)[O-])c1cccs1. The fraction of sp³-hybridized carbons (Fsp3) is 0.133. The zero-order chi connectivity index (χ0) is 15.5. The Bertz CT molecular complexity index is 821. The van der Waals surface area contributed by atoms with E-state index in [9.17, 15) is 14.9 Å². The summed E-state index contributed by atoms with van der Waals surface area (Å²) >= 11 is 1.38. The molecule has 1 unspecified atom stereocenters. The summed E-state index contributed by atoms with van der Waals surface area (Å²) in [5, 5.41) is 15.5. The lowest BCUT2D eigenvalue weighted by atomic mass is 9.95. The van der Waals surface area contributed by atoms with Gasteiger partial charge in [0.25, 0.3) is 0 Å². The summed E-state index contributed by atoms with van der Waals surface area (Å²) in [6.07, 6.45) is 0. The molecule has 0 fully saturated rings. The van der Waals surface area contributed by atoms with Gasteiger partial charge in [-0.15, -0.1) is 11.3 Å². The van der Waals surface area contributed by atoms with Gasteiger partial charge in [0.1, 0.15) is 0 Å². The Balaban J connectivity index is 2.14. The van der Waals surface area contributed by atoms with Crippen molar-refractivity contribution < 1.29 is 9.45 Å². The molecule has 112 valence electrons. The molecule has 2 heterocycles. The zero-order valence-electron chi connectivity index (χ0n) is 11.4. The summed E-state index contributed by atoms with van der Waals surface area (Å²) in [6.45, 7) is -0.358. The van der Waals surface area contributed by atoms with Gasteiger partial charge in [-0.05, 0) is 11.4 Å². The zero-order valence-corrected chi connectivity index (χ0v) is 12.2. The third kappa shape index (κ3) is 2.71. The van der Waals surface area contributed by atoms with Crippen molar-refractivity contribution in [2.45, 2.75) is 5.92 Å². The van der Waals surface area contributed by atoms with Crippen LogP contribution in [0.3, 0.4) is 0 Å². The highest BCUT2D eigenvalue weighted by atomic mass is 32.1. The molecule has 22 heavy (non-hydrogen) atoms. The van der Waals surface area contributed by atoms with Gasteiger partial charge in [0.15, 0.2) is 0 Å². The van der Waals surface area contributed by atoms with Crippen LogP contribution in [0.1, 0.15) is 16.4 Å². The van der Waals surface area contributed by atoms with Crippen molar-refractivity contribution in [1.29, 1.82) is 0 Å². The maximum atomic E-state index is 12.1. The summed E-state index contributed by atoms with van der Waals surface area (Å²) in [6, 6.07) is 12.8. The van der Waals surface area contributed by atoms with Crippen LogP contribution in [-0.2, 0) is 0 Å². The van der Waals surface area contributed by atoms with Gasteiger partial charge in [-0.1, -0.05) is 36.4 Å². The first kappa shape index (κ1) is 14.3. The Kier molecular flexibility index (Phi) is 3.88. The molecule has 1 aromatic carbocycles. The lowest BCUT2D eigenvalue weighted by Gasteiger charge is -2.10. The Morgan fingerprint density at radius 1 is 1.23 bits per heavy atom. The monoisotopic (exact) mass is 316 g/mol. The van der Waals surface area contributed by atoms with Gasteiger partial charge in [-0.3, -0.25) is 10.1 Å². The van der Waals surface area contributed by atoms with E-state index in [0.29, 0.717) is 11.3 Å². The molecule has 6 nitrogen and oxygen atoms in total. The highest BCUT2D eigenvalue weighted by molar-refractivity contribution is 7.10. The molecule has 0 saturated carbocycles. The number of thiophene rings is 1. The Morgan fingerprint density at radius 3 is 2.64 bits per heavy atom. The van der Waals surface area contributed by atoms with Crippen LogP contribution in [0.4, 0.5) is 0 Å². The van der Waals surface area contributed by atoms with E-state index in [4.69, 9.17) is 4.52 Å². The van der Waals surface area contributed by atoms with E-state index in [2.05, 4.69) is 5.16 Å². The van der Waals surface area contributed by atoms with E-state index in [-0.39, 0.29) is 6.54 Å². The molecule has 0 saturated heterocycles. The van der Waals surface area contributed by atoms with Crippen molar-refractivity contribution in [2.75, 3.05) is 6.54 Å². The summed E-state index contributed by atoms with van der Waals surface area (Å²) in [5.41, 5.74) is 0.976. The number of nitro groups is 1. The lowest BCUT2D eigenvalue weighted by molar-refractivity contribution is -0.481. The van der Waals surface area contributed by atoms with E-state index in [0.717, 1.165) is 10.4 Å². The minimum atomic E-state index is -0.632. The van der Waals surface area contributed by atoms with E-state index in [1.807, 2.05) is 41.8 Å². The van der Waals surface area contributed by atoms with Gasteiger partial charge in [-0.25, -0.2) is 9.95 Å². The minimum absolute atomic E-state index is 0.297. The molecule has 0 radical (unpaired) electrons. The van der Waals surface area contributed by atoms with Gasteiger partial charge < -0.3 is 4.52 Å². The highest BCUT2D eigenvalue weighted by Crippen LogP contribution is 2.32. The first-order valence-electron chi connectivity index (χ1n) is 6.59. The van der Waals surface area contributed by atoms with E-state index >= 15 is 0 Å². The number of aromatic nitrogens is 1. The van der Waals surface area contributed by atoms with Crippen molar-refractivity contribution in [3.63, 3.8) is 0 Å². The van der Waals surface area contributed by atoms with Crippen LogP contribution < -0.4 is 5.63 Å². The Morgan fingerprint density at radius 2 is 2.00 bits per heavy atom. The lowest BCUT2D eigenvalue weighted by Crippen LogP contribution is -2.18. The van der Waals surface area contributed by atoms with Gasteiger partial charge in [0.05, 0.1) is 17.2 Å². The van der Waals surface area contributed by atoms with E-state index in [1.165, 1.54) is 11.3 Å². The topological polar surface area (TPSA) is 89.1 Å². The molecule has 0 aliphatic heterocycles. The third-order valence-electron chi connectivity index (χ3n) is 3.36. The third-order valence-corrected chi connectivity index (χ3v) is 4.35. The van der Waals surface area contributed by atoms with Crippen LogP contribution in [0, 0.1) is 10.1 Å². The molecule has 0 amide bonds. The molecular formula is C15H12N2O4S. The number of hydrogen-bond donors (Lipinski definition) is 1. The number of H-pyrrole nitrogens is 1. The van der Waals surface area contributed by atoms with Gasteiger partial charge in [0.2, 0.25) is 6.54 Å². The fourth-order valence-electron chi connectivity index (χ4n) is 2.41. The average molecular weight is 316 g/mol. The van der Waals surface area contributed by atoms with Crippen molar-refractivity contribution in [2.24, 2.45) is 0 Å². The van der Waals surface area contributed by atoms with Gasteiger partial charge in [0, 0.05) is 15.4 Å². The van der Waals surface area contributed by atoms with Crippen LogP contribution in [0.5, 0.6) is 0 Å². The number of rotatable bonds is 5. The van der Waals surface area contributed by atoms with Crippen molar-refractivity contribution in [3.05, 3.63) is 78.8 Å². The Hall–Kier alpha value is -2.67. The summed E-state index contributed by atoms with van der Waals surface area (Å²) in [4.78, 5) is 23.5. The molecule has 1 atom stereocenters. The first-order chi connectivity index (χ1) is 10.7. The number of benzene rings is 1. The van der Waals surface area contributed by atoms with E-state index < -0.39 is 16.5 Å². The molecule has 3 aromatic rings. The maximum absolute atomic E-state index is 12.1. The molecule has 0 aliphatic carbocycles. The average Bonchev–Trinajstić information content (AvgIpc) is 3.15. The maximum Gasteiger partial charge on any atom is 0.361 e. The molecule has 3 rings (SSSR count). The van der Waals surface area contributed by atoms with Crippen LogP contribution in [0.15, 0.2) is 57.2 Å². The molecule has 0 spiro atoms. The van der Waals surface area contributed by atoms with Crippen molar-refractivity contribution in [3.8, 4) is 11.3 Å². The molecule has 0 aliphatic rings. The second kappa shape index (κ2) is 5.98. The summed E-state index contributed by atoms with van der Waals surface area (Å²) in [5.74, 6) is -0.632. The van der Waals surface area contributed by atoms with Gasteiger partial charge >= 0.3 is 5.63 Å². The highest BCUT2D eigenvalue weighted by Gasteiger charge is 2.29. The van der Waals surface area contributed by atoms with Gasteiger partial charge in [-0.2, -0.15) is 0 Å². The predicted molar refractivity (Wildman–Crippen MR) is 82.8 cm³/mol. The molecule has 0 bridgehead atoms.